The average molecular weight is 421 g/mol. The van der Waals surface area contributed by atoms with Crippen LogP contribution in [0.15, 0.2) is 39.3 Å². The number of hydrogen-bond donors (Lipinski definition) is 0. The average Bonchev–Trinajstić information content (AvgIpc) is 2.85. The lowest BCUT2D eigenvalue weighted by atomic mass is 10.00. The van der Waals surface area contributed by atoms with E-state index in [-0.39, 0.29) is 5.82 Å². The van der Waals surface area contributed by atoms with Crippen LogP contribution in [0.1, 0.15) is 22.1 Å². The Labute approximate surface area is 138 Å². The fourth-order valence-corrected chi connectivity index (χ4v) is 4.00. The standard InChI is InChI=1S/C15H10Br2ClFO/c16-9-6-8-4-5-20-15(8)10(7-9)14(18)13-11(17)2-1-3-12(13)19/h1-3,6-7,14H,4-5H2. The summed E-state index contributed by atoms with van der Waals surface area (Å²) in [6.45, 7) is 0.640. The predicted octanol–water partition coefficient (Wildman–Crippen LogP) is 5.61. The molecule has 1 unspecified atom stereocenters. The Morgan fingerprint density at radius 3 is 2.80 bits per heavy atom. The highest BCUT2D eigenvalue weighted by Gasteiger charge is 2.26. The van der Waals surface area contributed by atoms with Crippen LogP contribution in [0.2, 0.25) is 0 Å². The van der Waals surface area contributed by atoms with Gasteiger partial charge in [0, 0.05) is 26.5 Å². The van der Waals surface area contributed by atoms with Gasteiger partial charge in [0.2, 0.25) is 0 Å². The fraction of sp³-hybridized carbons (Fsp3) is 0.200. The van der Waals surface area contributed by atoms with Gasteiger partial charge in [0.1, 0.15) is 11.6 Å². The monoisotopic (exact) mass is 418 g/mol. The first-order chi connectivity index (χ1) is 9.58. The lowest BCUT2D eigenvalue weighted by molar-refractivity contribution is 0.353. The second-order valence-electron chi connectivity index (χ2n) is 4.58. The van der Waals surface area contributed by atoms with Crippen LogP contribution in [0.5, 0.6) is 5.75 Å². The number of benzene rings is 2. The minimum atomic E-state index is -0.602. The van der Waals surface area contributed by atoms with Crippen LogP contribution in [0, 0.1) is 5.82 Å². The van der Waals surface area contributed by atoms with Crippen LogP contribution in [-0.4, -0.2) is 6.61 Å². The van der Waals surface area contributed by atoms with E-state index >= 15 is 0 Å². The first-order valence-electron chi connectivity index (χ1n) is 6.11. The zero-order chi connectivity index (χ0) is 14.3. The van der Waals surface area contributed by atoms with E-state index in [2.05, 4.69) is 31.9 Å². The molecular formula is C15H10Br2ClFO. The molecule has 1 heterocycles. The first kappa shape index (κ1) is 14.4. The Balaban J connectivity index is 2.14. The van der Waals surface area contributed by atoms with Gasteiger partial charge in [-0.05, 0) is 29.8 Å². The minimum absolute atomic E-state index is 0.328. The van der Waals surface area contributed by atoms with E-state index in [0.29, 0.717) is 16.6 Å². The van der Waals surface area contributed by atoms with Crippen molar-refractivity contribution in [1.82, 2.24) is 0 Å². The lowest BCUT2D eigenvalue weighted by Gasteiger charge is -2.17. The summed E-state index contributed by atoms with van der Waals surface area (Å²) in [6.07, 6.45) is 0.851. The number of alkyl halides is 1. The summed E-state index contributed by atoms with van der Waals surface area (Å²) in [4.78, 5) is 0. The Morgan fingerprint density at radius 2 is 2.05 bits per heavy atom. The molecule has 0 aromatic heterocycles. The summed E-state index contributed by atoms with van der Waals surface area (Å²) in [5.41, 5.74) is 2.33. The molecule has 20 heavy (non-hydrogen) atoms. The van der Waals surface area contributed by atoms with Crippen molar-refractivity contribution in [2.45, 2.75) is 11.8 Å². The topological polar surface area (TPSA) is 9.23 Å². The summed E-state index contributed by atoms with van der Waals surface area (Å²) in [7, 11) is 0. The SMILES string of the molecule is Fc1cccc(Br)c1C(Cl)c1cc(Br)cc2c1OCC2. The van der Waals surface area contributed by atoms with Crippen LogP contribution in [0.4, 0.5) is 4.39 Å². The molecule has 1 atom stereocenters. The van der Waals surface area contributed by atoms with E-state index in [9.17, 15) is 4.39 Å². The highest BCUT2D eigenvalue weighted by atomic mass is 79.9. The van der Waals surface area contributed by atoms with Gasteiger partial charge in [-0.25, -0.2) is 4.39 Å². The Kier molecular flexibility index (Phi) is 4.07. The van der Waals surface area contributed by atoms with E-state index in [1.54, 1.807) is 12.1 Å². The molecule has 1 nitrogen and oxygen atoms in total. The molecule has 3 rings (SSSR count). The quantitative estimate of drug-likeness (QED) is 0.574. The largest absolute Gasteiger partial charge is 0.493 e. The number of halogens is 4. The van der Waals surface area contributed by atoms with Crippen molar-refractivity contribution >= 4 is 43.5 Å². The van der Waals surface area contributed by atoms with Crippen LogP contribution in [-0.2, 0) is 6.42 Å². The molecule has 104 valence electrons. The van der Waals surface area contributed by atoms with Gasteiger partial charge in [0.15, 0.2) is 0 Å². The van der Waals surface area contributed by atoms with Crippen molar-refractivity contribution in [3.8, 4) is 5.75 Å². The van der Waals surface area contributed by atoms with E-state index in [1.807, 2.05) is 12.1 Å². The predicted molar refractivity (Wildman–Crippen MR) is 85.1 cm³/mol. The zero-order valence-electron chi connectivity index (χ0n) is 10.3. The second kappa shape index (κ2) is 5.66. The fourth-order valence-electron chi connectivity index (χ4n) is 2.39. The van der Waals surface area contributed by atoms with Gasteiger partial charge in [-0.15, -0.1) is 11.6 Å². The molecule has 2 aromatic rings. The van der Waals surface area contributed by atoms with Crippen molar-refractivity contribution in [3.05, 3.63) is 61.8 Å². The van der Waals surface area contributed by atoms with Crippen LogP contribution in [0.3, 0.4) is 0 Å². The summed E-state index contributed by atoms with van der Waals surface area (Å²) in [5, 5.41) is -0.602. The van der Waals surface area contributed by atoms with E-state index in [0.717, 1.165) is 27.8 Å². The number of ether oxygens (including phenoxy) is 1. The third kappa shape index (κ3) is 2.49. The molecule has 0 bridgehead atoms. The molecule has 1 aliphatic heterocycles. The third-order valence-corrected chi connectivity index (χ3v) is 4.91. The molecule has 2 aromatic carbocycles. The van der Waals surface area contributed by atoms with Gasteiger partial charge in [-0.2, -0.15) is 0 Å². The maximum atomic E-state index is 14.1. The maximum absolute atomic E-state index is 14.1. The molecule has 0 aliphatic carbocycles. The maximum Gasteiger partial charge on any atom is 0.129 e. The molecule has 5 heteroatoms. The smallest absolute Gasteiger partial charge is 0.129 e. The molecule has 0 N–H and O–H groups in total. The Bertz CT molecular complexity index is 655. The highest BCUT2D eigenvalue weighted by molar-refractivity contribution is 9.10. The van der Waals surface area contributed by atoms with Crippen LogP contribution < -0.4 is 4.74 Å². The normalized spacial score (nSPS) is 14.8. The molecule has 0 fully saturated rings. The number of hydrogen-bond acceptors (Lipinski definition) is 1. The molecular weight excluding hydrogens is 410 g/mol. The molecule has 1 aliphatic rings. The molecule has 0 radical (unpaired) electrons. The van der Waals surface area contributed by atoms with E-state index < -0.39 is 5.38 Å². The van der Waals surface area contributed by atoms with E-state index in [1.165, 1.54) is 6.07 Å². The van der Waals surface area contributed by atoms with Gasteiger partial charge in [0.05, 0.1) is 12.0 Å². The van der Waals surface area contributed by atoms with Crippen molar-refractivity contribution in [2.24, 2.45) is 0 Å². The summed E-state index contributed by atoms with van der Waals surface area (Å²) >= 11 is 13.4. The molecule has 0 spiro atoms. The highest BCUT2D eigenvalue weighted by Crippen LogP contribution is 2.43. The van der Waals surface area contributed by atoms with Crippen molar-refractivity contribution in [1.29, 1.82) is 0 Å². The van der Waals surface area contributed by atoms with E-state index in [4.69, 9.17) is 16.3 Å². The van der Waals surface area contributed by atoms with Gasteiger partial charge >= 0.3 is 0 Å². The Hall–Kier alpha value is -0.580. The van der Waals surface area contributed by atoms with Gasteiger partial charge in [-0.1, -0.05) is 37.9 Å². The summed E-state index contributed by atoms with van der Waals surface area (Å²) in [5.74, 6) is 0.453. The molecule has 0 saturated heterocycles. The van der Waals surface area contributed by atoms with Crippen LogP contribution in [0.25, 0.3) is 0 Å². The number of rotatable bonds is 2. The second-order valence-corrected chi connectivity index (χ2v) is 6.79. The van der Waals surface area contributed by atoms with Crippen molar-refractivity contribution < 1.29 is 9.13 Å². The van der Waals surface area contributed by atoms with Crippen molar-refractivity contribution in [3.63, 3.8) is 0 Å². The summed E-state index contributed by atoms with van der Waals surface area (Å²) in [6, 6.07) is 8.75. The van der Waals surface area contributed by atoms with Gasteiger partial charge in [-0.3, -0.25) is 0 Å². The Morgan fingerprint density at radius 1 is 1.25 bits per heavy atom. The number of fused-ring (bicyclic) bond motifs is 1. The van der Waals surface area contributed by atoms with Crippen molar-refractivity contribution in [2.75, 3.05) is 6.61 Å². The minimum Gasteiger partial charge on any atom is -0.493 e. The third-order valence-electron chi connectivity index (χ3n) is 3.30. The first-order valence-corrected chi connectivity index (χ1v) is 8.13. The molecule has 0 saturated carbocycles. The zero-order valence-corrected chi connectivity index (χ0v) is 14.2. The van der Waals surface area contributed by atoms with Gasteiger partial charge in [0.25, 0.3) is 0 Å². The van der Waals surface area contributed by atoms with Gasteiger partial charge < -0.3 is 4.74 Å². The van der Waals surface area contributed by atoms with Crippen LogP contribution >= 0.6 is 43.5 Å². The molecule has 0 amide bonds. The summed E-state index contributed by atoms with van der Waals surface area (Å²) < 4.78 is 21.3. The lowest BCUT2D eigenvalue weighted by Crippen LogP contribution is -2.01.